The first kappa shape index (κ1) is 12.3. The molecule has 0 radical (unpaired) electrons. The van der Waals surface area contributed by atoms with Crippen molar-refractivity contribution in [2.24, 2.45) is 0 Å². The quantitative estimate of drug-likeness (QED) is 0.922. The van der Waals surface area contributed by atoms with E-state index in [2.05, 4.69) is 21.2 Å². The summed E-state index contributed by atoms with van der Waals surface area (Å²) in [4.78, 5) is 0. The Balaban J connectivity index is 1.95. The molecule has 0 saturated heterocycles. The molecule has 1 aromatic heterocycles. The van der Waals surface area contributed by atoms with Crippen LogP contribution in [0.5, 0.6) is 0 Å². The molecule has 0 aliphatic rings. The maximum Gasteiger partial charge on any atom is 0.131 e. The molecule has 0 saturated carbocycles. The van der Waals surface area contributed by atoms with Crippen molar-refractivity contribution >= 4 is 15.9 Å². The number of hydrogen-bond donors (Lipinski definition) is 1. The van der Waals surface area contributed by atoms with Crippen LogP contribution in [0.1, 0.15) is 24.3 Å². The van der Waals surface area contributed by atoms with Gasteiger partial charge in [-0.25, -0.2) is 4.39 Å². The van der Waals surface area contributed by atoms with Gasteiger partial charge in [-0.3, -0.25) is 0 Å². The van der Waals surface area contributed by atoms with Crippen molar-refractivity contribution in [1.82, 2.24) is 5.32 Å². The first-order chi connectivity index (χ1) is 8.16. The summed E-state index contributed by atoms with van der Waals surface area (Å²) >= 11 is 3.40. The van der Waals surface area contributed by atoms with Crippen LogP contribution in [0, 0.1) is 5.82 Å². The Labute approximate surface area is 108 Å². The highest BCUT2D eigenvalue weighted by atomic mass is 79.9. The number of halogens is 2. The van der Waals surface area contributed by atoms with Crippen molar-refractivity contribution in [2.45, 2.75) is 19.5 Å². The highest BCUT2D eigenvalue weighted by Gasteiger charge is 2.08. The highest BCUT2D eigenvalue weighted by molar-refractivity contribution is 9.10. The lowest BCUT2D eigenvalue weighted by atomic mass is 10.1. The molecule has 0 spiro atoms. The molecule has 2 aromatic rings. The molecule has 2 nitrogen and oxygen atoms in total. The molecule has 4 heteroatoms. The molecule has 0 bridgehead atoms. The summed E-state index contributed by atoms with van der Waals surface area (Å²) in [5.74, 6) is 0.647. The lowest BCUT2D eigenvalue weighted by molar-refractivity contribution is 0.458. The van der Waals surface area contributed by atoms with E-state index in [4.69, 9.17) is 4.42 Å². The molecule has 1 N–H and O–H groups in total. The topological polar surface area (TPSA) is 25.2 Å². The average molecular weight is 298 g/mol. The first-order valence-corrected chi connectivity index (χ1v) is 6.17. The standard InChI is InChI=1S/C13H13BrFNO/c1-9(10-2-4-11(15)5-3-10)16-8-13-12(14)6-7-17-13/h2-7,9,16H,8H2,1H3/t9-/m0/s1. The van der Waals surface area contributed by atoms with E-state index >= 15 is 0 Å². The molecular weight excluding hydrogens is 285 g/mol. The van der Waals surface area contributed by atoms with Gasteiger partial charge < -0.3 is 9.73 Å². The molecule has 0 amide bonds. The Morgan fingerprint density at radius 1 is 1.29 bits per heavy atom. The third kappa shape index (κ3) is 3.17. The fourth-order valence-electron chi connectivity index (χ4n) is 1.57. The fraction of sp³-hybridized carbons (Fsp3) is 0.231. The molecule has 2 rings (SSSR count). The van der Waals surface area contributed by atoms with Crippen molar-refractivity contribution in [1.29, 1.82) is 0 Å². The van der Waals surface area contributed by atoms with Gasteiger partial charge in [-0.1, -0.05) is 12.1 Å². The van der Waals surface area contributed by atoms with Crippen molar-refractivity contribution < 1.29 is 8.81 Å². The third-order valence-electron chi connectivity index (χ3n) is 2.63. The number of nitrogens with one attached hydrogen (secondary N) is 1. The molecule has 0 fully saturated rings. The summed E-state index contributed by atoms with van der Waals surface area (Å²) < 4.78 is 19.0. The van der Waals surface area contributed by atoms with Crippen LogP contribution in [0.2, 0.25) is 0 Å². The Morgan fingerprint density at radius 3 is 2.59 bits per heavy atom. The fourth-order valence-corrected chi connectivity index (χ4v) is 1.91. The molecule has 1 heterocycles. The summed E-state index contributed by atoms with van der Waals surface area (Å²) in [6, 6.07) is 8.51. The summed E-state index contributed by atoms with van der Waals surface area (Å²) in [7, 11) is 0. The van der Waals surface area contributed by atoms with E-state index in [0.29, 0.717) is 6.54 Å². The molecule has 17 heavy (non-hydrogen) atoms. The second-order valence-electron chi connectivity index (χ2n) is 3.85. The van der Waals surface area contributed by atoms with Gasteiger partial charge in [0.1, 0.15) is 11.6 Å². The van der Waals surface area contributed by atoms with E-state index in [-0.39, 0.29) is 11.9 Å². The van der Waals surface area contributed by atoms with E-state index in [1.54, 1.807) is 18.4 Å². The Kier molecular flexibility index (Phi) is 3.97. The molecular formula is C13H13BrFNO. The maximum atomic E-state index is 12.8. The van der Waals surface area contributed by atoms with E-state index < -0.39 is 0 Å². The maximum absolute atomic E-state index is 12.8. The molecule has 0 unspecified atom stereocenters. The van der Waals surface area contributed by atoms with Gasteiger partial charge >= 0.3 is 0 Å². The van der Waals surface area contributed by atoms with Crippen molar-refractivity contribution in [3.8, 4) is 0 Å². The SMILES string of the molecule is C[C@H](NCc1occc1Br)c1ccc(F)cc1. The lowest BCUT2D eigenvalue weighted by Crippen LogP contribution is -2.17. The summed E-state index contributed by atoms with van der Waals surface area (Å²) in [6.45, 7) is 2.66. The van der Waals surface area contributed by atoms with Crippen LogP contribution in [0.3, 0.4) is 0 Å². The largest absolute Gasteiger partial charge is 0.467 e. The van der Waals surface area contributed by atoms with Crippen LogP contribution in [0.25, 0.3) is 0 Å². The van der Waals surface area contributed by atoms with Crippen LogP contribution >= 0.6 is 15.9 Å². The zero-order chi connectivity index (χ0) is 12.3. The average Bonchev–Trinajstić information content (AvgIpc) is 2.73. The Morgan fingerprint density at radius 2 is 2.00 bits per heavy atom. The summed E-state index contributed by atoms with van der Waals surface area (Å²) in [5, 5.41) is 3.32. The van der Waals surface area contributed by atoms with Crippen LogP contribution in [-0.2, 0) is 6.54 Å². The molecule has 1 atom stereocenters. The van der Waals surface area contributed by atoms with E-state index in [0.717, 1.165) is 15.8 Å². The van der Waals surface area contributed by atoms with Gasteiger partial charge in [0.25, 0.3) is 0 Å². The minimum atomic E-state index is -0.213. The second-order valence-corrected chi connectivity index (χ2v) is 4.70. The van der Waals surface area contributed by atoms with Crippen LogP contribution in [0.15, 0.2) is 45.5 Å². The normalized spacial score (nSPS) is 12.6. The van der Waals surface area contributed by atoms with Gasteiger partial charge in [-0.05, 0) is 46.6 Å². The molecule has 0 aliphatic carbocycles. The summed E-state index contributed by atoms with van der Waals surface area (Å²) in [6.07, 6.45) is 1.64. The smallest absolute Gasteiger partial charge is 0.131 e. The molecule has 90 valence electrons. The minimum absolute atomic E-state index is 0.146. The van der Waals surface area contributed by atoms with Gasteiger partial charge in [0.15, 0.2) is 0 Å². The predicted octanol–water partition coefficient (Wildman–Crippen LogP) is 4.03. The van der Waals surface area contributed by atoms with Crippen molar-refractivity contribution in [3.63, 3.8) is 0 Å². The van der Waals surface area contributed by atoms with Crippen LogP contribution < -0.4 is 5.32 Å². The van der Waals surface area contributed by atoms with Crippen LogP contribution in [-0.4, -0.2) is 0 Å². The minimum Gasteiger partial charge on any atom is -0.467 e. The predicted molar refractivity (Wildman–Crippen MR) is 68.1 cm³/mol. The highest BCUT2D eigenvalue weighted by Crippen LogP contribution is 2.19. The monoisotopic (exact) mass is 297 g/mol. The molecule has 1 aromatic carbocycles. The van der Waals surface area contributed by atoms with Gasteiger partial charge in [0.05, 0.1) is 17.3 Å². The van der Waals surface area contributed by atoms with E-state index in [1.807, 2.05) is 13.0 Å². The third-order valence-corrected chi connectivity index (χ3v) is 3.34. The lowest BCUT2D eigenvalue weighted by Gasteiger charge is -2.13. The second kappa shape index (κ2) is 5.47. The van der Waals surface area contributed by atoms with Crippen molar-refractivity contribution in [2.75, 3.05) is 0 Å². The van der Waals surface area contributed by atoms with E-state index in [1.165, 1.54) is 12.1 Å². The van der Waals surface area contributed by atoms with Gasteiger partial charge in [0, 0.05) is 6.04 Å². The number of benzene rings is 1. The van der Waals surface area contributed by atoms with Crippen LogP contribution in [0.4, 0.5) is 4.39 Å². The number of rotatable bonds is 4. The Bertz CT molecular complexity index is 480. The summed E-state index contributed by atoms with van der Waals surface area (Å²) in [5.41, 5.74) is 1.05. The van der Waals surface area contributed by atoms with Gasteiger partial charge in [0.2, 0.25) is 0 Å². The van der Waals surface area contributed by atoms with Crippen molar-refractivity contribution in [3.05, 3.63) is 58.2 Å². The first-order valence-electron chi connectivity index (χ1n) is 5.37. The van der Waals surface area contributed by atoms with E-state index in [9.17, 15) is 4.39 Å². The van der Waals surface area contributed by atoms with Gasteiger partial charge in [-0.15, -0.1) is 0 Å². The zero-order valence-corrected chi connectivity index (χ0v) is 11.0. The number of furan rings is 1. The molecule has 0 aliphatic heterocycles. The Hall–Kier alpha value is -1.13. The van der Waals surface area contributed by atoms with Gasteiger partial charge in [-0.2, -0.15) is 0 Å². The number of hydrogen-bond acceptors (Lipinski definition) is 2. The zero-order valence-electron chi connectivity index (χ0n) is 9.41.